The molecular weight excluding hydrogens is 399 g/mol. The van der Waals surface area contributed by atoms with E-state index in [4.69, 9.17) is 0 Å². The molecule has 0 aliphatic heterocycles. The number of amides is 1. The van der Waals surface area contributed by atoms with Gasteiger partial charge in [-0.25, -0.2) is 0 Å². The summed E-state index contributed by atoms with van der Waals surface area (Å²) >= 11 is 0.185. The first-order chi connectivity index (χ1) is 13.2. The molecule has 3 aromatic carbocycles. The molecule has 0 atom stereocenters. The van der Waals surface area contributed by atoms with Crippen molar-refractivity contribution in [2.75, 3.05) is 7.05 Å². The van der Waals surface area contributed by atoms with Gasteiger partial charge in [0.15, 0.2) is 0 Å². The topological polar surface area (TPSA) is 44.9 Å². The Balaban J connectivity index is 1.55. The molecule has 0 fully saturated rings. The number of aromatic amines is 1. The number of para-hydroxylation sites is 1. The van der Waals surface area contributed by atoms with Crippen LogP contribution in [0.3, 0.4) is 0 Å². The van der Waals surface area contributed by atoms with Gasteiger partial charge >= 0.3 is 165 Å². The number of rotatable bonds is 5. The summed E-state index contributed by atoms with van der Waals surface area (Å²) < 4.78 is 2.59. The maximum atomic E-state index is 12.1. The van der Waals surface area contributed by atoms with Crippen molar-refractivity contribution >= 4 is 40.7 Å². The molecular formula is C23H20N2OSe. The summed E-state index contributed by atoms with van der Waals surface area (Å²) in [6.07, 6.45) is 2.99. The van der Waals surface area contributed by atoms with Crippen LogP contribution in [0.4, 0.5) is 0 Å². The molecule has 3 nitrogen and oxygen atoms in total. The Hall–Kier alpha value is -2.81. The van der Waals surface area contributed by atoms with E-state index in [1.807, 2.05) is 24.4 Å². The molecule has 0 radical (unpaired) electrons. The second-order valence-corrected chi connectivity index (χ2v) is 8.71. The minimum atomic E-state index is -0.0632. The summed E-state index contributed by atoms with van der Waals surface area (Å²) in [6, 6.07) is 25.3. The van der Waals surface area contributed by atoms with Crippen molar-refractivity contribution in [2.45, 2.75) is 6.42 Å². The normalized spacial score (nSPS) is 10.9. The molecule has 0 aliphatic rings. The third-order valence-corrected chi connectivity index (χ3v) is 6.79. The van der Waals surface area contributed by atoms with Gasteiger partial charge in [0.05, 0.1) is 0 Å². The van der Waals surface area contributed by atoms with Crippen LogP contribution in [0.2, 0.25) is 0 Å². The van der Waals surface area contributed by atoms with E-state index in [1.165, 1.54) is 20.1 Å². The second kappa shape index (κ2) is 7.83. The maximum absolute atomic E-state index is 12.1. The monoisotopic (exact) mass is 420 g/mol. The fraction of sp³-hybridized carbons (Fsp3) is 0.0870. The van der Waals surface area contributed by atoms with Gasteiger partial charge in [-0.1, -0.05) is 0 Å². The van der Waals surface area contributed by atoms with Crippen LogP contribution in [0, 0.1) is 0 Å². The molecule has 2 N–H and O–H groups in total. The average molecular weight is 419 g/mol. The SMILES string of the molecule is CNC(=O)c1cccc2c([Se]c3ccc(Cc4ccccc4)cc3)c[nH]c12. The molecule has 0 spiro atoms. The molecule has 0 bridgehead atoms. The zero-order valence-electron chi connectivity index (χ0n) is 15.0. The molecule has 4 rings (SSSR count). The number of H-pyrrole nitrogens is 1. The summed E-state index contributed by atoms with van der Waals surface area (Å²) in [5.41, 5.74) is 4.25. The number of nitrogens with one attached hydrogen (secondary N) is 2. The third-order valence-electron chi connectivity index (χ3n) is 4.55. The zero-order chi connectivity index (χ0) is 18.6. The molecule has 4 aromatic rings. The van der Waals surface area contributed by atoms with Crippen LogP contribution < -0.4 is 14.2 Å². The average Bonchev–Trinajstić information content (AvgIpc) is 3.12. The van der Waals surface area contributed by atoms with Gasteiger partial charge < -0.3 is 0 Å². The van der Waals surface area contributed by atoms with Crippen LogP contribution in [0.15, 0.2) is 79.0 Å². The molecule has 134 valence electrons. The van der Waals surface area contributed by atoms with Crippen LogP contribution in [0.25, 0.3) is 10.9 Å². The van der Waals surface area contributed by atoms with Gasteiger partial charge in [-0.15, -0.1) is 0 Å². The van der Waals surface area contributed by atoms with E-state index in [0.717, 1.165) is 17.3 Å². The predicted octanol–water partition coefficient (Wildman–Crippen LogP) is 2.77. The Labute approximate surface area is 165 Å². The van der Waals surface area contributed by atoms with Crippen molar-refractivity contribution in [3.8, 4) is 0 Å². The number of hydrogen-bond acceptors (Lipinski definition) is 1. The van der Waals surface area contributed by atoms with Crippen LogP contribution in [0.5, 0.6) is 0 Å². The van der Waals surface area contributed by atoms with E-state index >= 15 is 0 Å². The van der Waals surface area contributed by atoms with Gasteiger partial charge in [-0.2, -0.15) is 0 Å². The number of hydrogen-bond donors (Lipinski definition) is 2. The fourth-order valence-corrected chi connectivity index (χ4v) is 5.11. The third kappa shape index (κ3) is 3.82. The molecule has 0 aliphatic carbocycles. The number of benzene rings is 3. The van der Waals surface area contributed by atoms with Crippen molar-refractivity contribution < 1.29 is 4.79 Å². The Kier molecular flexibility index (Phi) is 5.10. The number of aromatic nitrogens is 1. The van der Waals surface area contributed by atoms with Crippen molar-refractivity contribution in [1.29, 1.82) is 0 Å². The van der Waals surface area contributed by atoms with Crippen molar-refractivity contribution in [1.82, 2.24) is 10.3 Å². The Morgan fingerprint density at radius 1 is 0.926 bits per heavy atom. The summed E-state index contributed by atoms with van der Waals surface area (Å²) in [5, 5.41) is 3.83. The fourth-order valence-electron chi connectivity index (χ4n) is 3.17. The number of fused-ring (bicyclic) bond motifs is 1. The van der Waals surface area contributed by atoms with Crippen LogP contribution in [-0.2, 0) is 6.42 Å². The Morgan fingerprint density at radius 2 is 1.67 bits per heavy atom. The molecule has 1 heterocycles. The zero-order valence-corrected chi connectivity index (χ0v) is 16.7. The summed E-state index contributed by atoms with van der Waals surface area (Å²) in [7, 11) is 1.66. The first-order valence-electron chi connectivity index (χ1n) is 8.87. The van der Waals surface area contributed by atoms with Crippen molar-refractivity contribution in [3.63, 3.8) is 0 Å². The van der Waals surface area contributed by atoms with Crippen LogP contribution in [0.1, 0.15) is 21.5 Å². The van der Waals surface area contributed by atoms with E-state index < -0.39 is 0 Å². The molecule has 27 heavy (non-hydrogen) atoms. The first kappa shape index (κ1) is 17.6. The summed E-state index contributed by atoms with van der Waals surface area (Å²) in [6.45, 7) is 0. The molecule has 4 heteroatoms. The van der Waals surface area contributed by atoms with E-state index in [0.29, 0.717) is 5.56 Å². The van der Waals surface area contributed by atoms with Gasteiger partial charge in [-0.3, -0.25) is 0 Å². The van der Waals surface area contributed by atoms with Gasteiger partial charge in [0, 0.05) is 0 Å². The van der Waals surface area contributed by atoms with Crippen LogP contribution >= 0.6 is 0 Å². The van der Waals surface area contributed by atoms with E-state index in [-0.39, 0.29) is 20.9 Å². The molecule has 0 saturated heterocycles. The Bertz CT molecular complexity index is 1070. The van der Waals surface area contributed by atoms with E-state index in [2.05, 4.69) is 64.9 Å². The van der Waals surface area contributed by atoms with E-state index in [1.54, 1.807) is 7.05 Å². The van der Waals surface area contributed by atoms with Crippen LogP contribution in [-0.4, -0.2) is 32.9 Å². The molecule has 1 aromatic heterocycles. The number of carbonyl (C=O) groups is 1. The second-order valence-electron chi connectivity index (χ2n) is 6.37. The van der Waals surface area contributed by atoms with Gasteiger partial charge in [0.25, 0.3) is 0 Å². The summed E-state index contributed by atoms with van der Waals surface area (Å²) in [4.78, 5) is 15.3. The quantitative estimate of drug-likeness (QED) is 0.480. The number of carbonyl (C=O) groups excluding carboxylic acids is 1. The minimum absolute atomic E-state index is 0.0632. The molecule has 0 saturated carbocycles. The molecule has 0 unspecified atom stereocenters. The van der Waals surface area contributed by atoms with Gasteiger partial charge in [-0.05, 0) is 0 Å². The molecule has 1 amide bonds. The van der Waals surface area contributed by atoms with Crippen molar-refractivity contribution in [2.24, 2.45) is 0 Å². The first-order valence-corrected chi connectivity index (χ1v) is 10.6. The predicted molar refractivity (Wildman–Crippen MR) is 112 cm³/mol. The standard InChI is InChI=1S/C23H20N2OSe/c1-24-23(26)20-9-5-8-19-21(15-25-22(19)20)27-18-12-10-17(11-13-18)14-16-6-3-2-4-7-16/h2-13,15,25H,14H2,1H3,(H,24,26). The van der Waals surface area contributed by atoms with E-state index in [9.17, 15) is 4.79 Å². The summed E-state index contributed by atoms with van der Waals surface area (Å²) in [5.74, 6) is -0.0632. The van der Waals surface area contributed by atoms with Gasteiger partial charge in [0.1, 0.15) is 0 Å². The Morgan fingerprint density at radius 3 is 2.41 bits per heavy atom. The van der Waals surface area contributed by atoms with Gasteiger partial charge in [0.2, 0.25) is 0 Å². The van der Waals surface area contributed by atoms with Crippen molar-refractivity contribution in [3.05, 3.63) is 95.7 Å².